The molecule has 2 aromatic carbocycles. The molecular formula is C21H19NO3. The normalized spacial score (nSPS) is 24.7. The molecule has 4 nitrogen and oxygen atoms in total. The molecule has 2 aliphatic rings. The first-order chi connectivity index (χ1) is 12.1. The first-order valence-electron chi connectivity index (χ1n) is 8.48. The summed E-state index contributed by atoms with van der Waals surface area (Å²) in [6.07, 6.45) is 3.10. The van der Waals surface area contributed by atoms with E-state index in [0.29, 0.717) is 24.3 Å². The largest absolute Gasteiger partial charge is 0.360 e. The van der Waals surface area contributed by atoms with Gasteiger partial charge in [0.2, 0.25) is 0 Å². The molecule has 1 atom stereocenters. The number of amides is 2. The van der Waals surface area contributed by atoms with Crippen LogP contribution >= 0.6 is 0 Å². The summed E-state index contributed by atoms with van der Waals surface area (Å²) in [5, 5.41) is 0. The zero-order valence-corrected chi connectivity index (χ0v) is 14.1. The van der Waals surface area contributed by atoms with E-state index in [4.69, 9.17) is 4.74 Å². The average molecular weight is 333 g/mol. The number of hydrogen-bond acceptors (Lipinski definition) is 3. The number of rotatable bonds is 2. The summed E-state index contributed by atoms with van der Waals surface area (Å²) >= 11 is 0. The predicted molar refractivity (Wildman–Crippen MR) is 96.0 cm³/mol. The lowest BCUT2D eigenvalue weighted by Crippen LogP contribution is -2.40. The molecule has 126 valence electrons. The van der Waals surface area contributed by atoms with E-state index < -0.39 is 5.60 Å². The Balaban J connectivity index is 1.82. The zero-order valence-electron chi connectivity index (χ0n) is 14.1. The van der Waals surface area contributed by atoms with Gasteiger partial charge in [0.1, 0.15) is 0 Å². The summed E-state index contributed by atoms with van der Waals surface area (Å²) in [6, 6.07) is 17.0. The summed E-state index contributed by atoms with van der Waals surface area (Å²) in [6.45, 7) is 2.46. The van der Waals surface area contributed by atoms with E-state index in [2.05, 4.69) is 0 Å². The summed E-state index contributed by atoms with van der Waals surface area (Å²) in [7, 11) is 0. The monoisotopic (exact) mass is 333 g/mol. The van der Waals surface area contributed by atoms with Crippen LogP contribution in [0, 0.1) is 6.92 Å². The van der Waals surface area contributed by atoms with Crippen LogP contribution in [0.3, 0.4) is 0 Å². The third-order valence-electron chi connectivity index (χ3n) is 4.84. The van der Waals surface area contributed by atoms with Crippen LogP contribution in [0.2, 0.25) is 0 Å². The molecular weight excluding hydrogens is 314 g/mol. The fourth-order valence-corrected chi connectivity index (χ4v) is 3.52. The maximum absolute atomic E-state index is 13.2. The number of ether oxygens (including phenoxy) is 1. The number of carbonyl (C=O) groups is 2. The van der Waals surface area contributed by atoms with Gasteiger partial charge in [0.25, 0.3) is 11.8 Å². The van der Waals surface area contributed by atoms with Crippen molar-refractivity contribution < 1.29 is 14.3 Å². The van der Waals surface area contributed by atoms with Crippen molar-refractivity contribution in [1.82, 2.24) is 0 Å². The molecule has 1 unspecified atom stereocenters. The Labute approximate surface area is 146 Å². The molecule has 2 fully saturated rings. The summed E-state index contributed by atoms with van der Waals surface area (Å²) in [4.78, 5) is 27.6. The Hall–Kier alpha value is -2.72. The first-order valence-corrected chi connectivity index (χ1v) is 8.48. The van der Waals surface area contributed by atoms with Crippen molar-refractivity contribution in [2.24, 2.45) is 0 Å². The third kappa shape index (κ3) is 2.50. The highest BCUT2D eigenvalue weighted by Gasteiger charge is 2.58. The average Bonchev–Trinajstić information content (AvgIpc) is 3.19. The van der Waals surface area contributed by atoms with Crippen LogP contribution in [-0.2, 0) is 14.3 Å². The maximum Gasteiger partial charge on any atom is 0.271 e. The SMILES string of the molecule is Cc1ccc(N2C(=O)/C(=C\c3ccccc3)C3(CCCO3)C2=O)cc1. The van der Waals surface area contributed by atoms with E-state index >= 15 is 0 Å². The van der Waals surface area contributed by atoms with Gasteiger partial charge < -0.3 is 4.74 Å². The van der Waals surface area contributed by atoms with E-state index in [1.807, 2.05) is 49.4 Å². The molecule has 0 bridgehead atoms. The number of carbonyl (C=O) groups excluding carboxylic acids is 2. The zero-order chi connectivity index (χ0) is 17.4. The first kappa shape index (κ1) is 15.8. The van der Waals surface area contributed by atoms with Gasteiger partial charge in [0.05, 0.1) is 11.3 Å². The summed E-state index contributed by atoms with van der Waals surface area (Å²) < 4.78 is 5.86. The van der Waals surface area contributed by atoms with Crippen molar-refractivity contribution in [3.63, 3.8) is 0 Å². The number of benzene rings is 2. The van der Waals surface area contributed by atoms with Crippen molar-refractivity contribution in [1.29, 1.82) is 0 Å². The Morgan fingerprint density at radius 3 is 2.40 bits per heavy atom. The second kappa shape index (κ2) is 5.97. The van der Waals surface area contributed by atoms with Gasteiger partial charge in [-0.1, -0.05) is 48.0 Å². The van der Waals surface area contributed by atoms with Gasteiger partial charge >= 0.3 is 0 Å². The molecule has 2 saturated heterocycles. The van der Waals surface area contributed by atoms with Crippen LogP contribution in [-0.4, -0.2) is 24.0 Å². The minimum atomic E-state index is -1.14. The Bertz CT molecular complexity index is 846. The maximum atomic E-state index is 13.2. The lowest BCUT2D eigenvalue weighted by atomic mass is 9.91. The molecule has 1 spiro atoms. The molecule has 2 heterocycles. The fraction of sp³-hybridized carbons (Fsp3) is 0.238. The Morgan fingerprint density at radius 2 is 1.76 bits per heavy atom. The second-order valence-electron chi connectivity index (χ2n) is 6.53. The van der Waals surface area contributed by atoms with Crippen molar-refractivity contribution in [3.05, 3.63) is 71.3 Å². The molecule has 4 heteroatoms. The van der Waals surface area contributed by atoms with Crippen LogP contribution in [0.5, 0.6) is 0 Å². The van der Waals surface area contributed by atoms with Gasteiger partial charge in [-0.15, -0.1) is 0 Å². The number of imide groups is 1. The molecule has 0 aromatic heterocycles. The minimum absolute atomic E-state index is 0.277. The van der Waals surface area contributed by atoms with E-state index in [-0.39, 0.29) is 11.8 Å². The van der Waals surface area contributed by atoms with E-state index in [1.54, 1.807) is 18.2 Å². The van der Waals surface area contributed by atoms with Gasteiger partial charge in [0.15, 0.2) is 5.60 Å². The highest BCUT2D eigenvalue weighted by molar-refractivity contribution is 6.34. The van der Waals surface area contributed by atoms with Gasteiger partial charge in [0, 0.05) is 6.61 Å². The standard InChI is InChI=1S/C21H19NO3/c1-15-8-10-17(11-9-15)22-19(23)18(14-16-6-3-2-4-7-16)21(20(22)24)12-5-13-25-21/h2-4,6-11,14H,5,12-13H2,1H3/b18-14+. The number of aryl methyl sites for hydroxylation is 1. The number of nitrogens with zero attached hydrogens (tertiary/aromatic N) is 1. The topological polar surface area (TPSA) is 46.6 Å². The van der Waals surface area contributed by atoms with Gasteiger partial charge in [-0.3, -0.25) is 9.59 Å². The third-order valence-corrected chi connectivity index (χ3v) is 4.84. The van der Waals surface area contributed by atoms with Crippen LogP contribution < -0.4 is 4.90 Å². The number of anilines is 1. The van der Waals surface area contributed by atoms with Crippen LogP contribution in [0.4, 0.5) is 5.69 Å². The molecule has 2 amide bonds. The van der Waals surface area contributed by atoms with Crippen molar-refractivity contribution in [3.8, 4) is 0 Å². The minimum Gasteiger partial charge on any atom is -0.360 e. The van der Waals surface area contributed by atoms with E-state index in [1.165, 1.54) is 4.90 Å². The van der Waals surface area contributed by atoms with Crippen molar-refractivity contribution in [2.75, 3.05) is 11.5 Å². The smallest absolute Gasteiger partial charge is 0.271 e. The highest BCUT2D eigenvalue weighted by atomic mass is 16.5. The number of hydrogen-bond donors (Lipinski definition) is 0. The van der Waals surface area contributed by atoms with Crippen LogP contribution in [0.25, 0.3) is 6.08 Å². The van der Waals surface area contributed by atoms with E-state index in [9.17, 15) is 9.59 Å². The predicted octanol–water partition coefficient (Wildman–Crippen LogP) is 3.50. The van der Waals surface area contributed by atoms with Gasteiger partial charge in [-0.25, -0.2) is 4.90 Å². The molecule has 0 N–H and O–H groups in total. The molecule has 25 heavy (non-hydrogen) atoms. The quantitative estimate of drug-likeness (QED) is 0.624. The van der Waals surface area contributed by atoms with Gasteiger partial charge in [-0.2, -0.15) is 0 Å². The fourth-order valence-electron chi connectivity index (χ4n) is 3.52. The summed E-state index contributed by atoms with van der Waals surface area (Å²) in [5.74, 6) is -0.569. The lowest BCUT2D eigenvalue weighted by Gasteiger charge is -2.21. The van der Waals surface area contributed by atoms with Crippen LogP contribution in [0.15, 0.2) is 60.2 Å². The lowest BCUT2D eigenvalue weighted by molar-refractivity contribution is -0.131. The molecule has 0 aliphatic carbocycles. The molecule has 2 aliphatic heterocycles. The molecule has 0 radical (unpaired) electrons. The molecule has 4 rings (SSSR count). The Kier molecular flexibility index (Phi) is 3.77. The van der Waals surface area contributed by atoms with Crippen molar-refractivity contribution >= 4 is 23.6 Å². The van der Waals surface area contributed by atoms with Crippen molar-refractivity contribution in [2.45, 2.75) is 25.4 Å². The highest BCUT2D eigenvalue weighted by Crippen LogP contribution is 2.43. The second-order valence-corrected chi connectivity index (χ2v) is 6.53. The van der Waals surface area contributed by atoms with E-state index in [0.717, 1.165) is 17.5 Å². The van der Waals surface area contributed by atoms with Gasteiger partial charge in [-0.05, 0) is 43.5 Å². The summed E-state index contributed by atoms with van der Waals surface area (Å²) in [5.41, 5.74) is 1.85. The Morgan fingerprint density at radius 1 is 1.04 bits per heavy atom. The molecule has 2 aromatic rings. The van der Waals surface area contributed by atoms with Crippen LogP contribution in [0.1, 0.15) is 24.0 Å². The molecule has 0 saturated carbocycles.